The second kappa shape index (κ2) is 8.27. The number of carbonyl (C=O) groups is 2. The average molecular weight is 433 g/mol. The number of hydrogen-bond acceptors (Lipinski definition) is 3. The largest absolute Gasteiger partial charge is 0.497 e. The molecule has 0 aliphatic heterocycles. The van der Waals surface area contributed by atoms with Crippen molar-refractivity contribution in [2.45, 2.75) is 51.5 Å². The third kappa shape index (κ3) is 4.01. The number of amides is 2. The minimum absolute atomic E-state index is 0.113. The first kappa shape index (κ1) is 21.0. The van der Waals surface area contributed by atoms with Crippen LogP contribution in [-0.2, 0) is 4.79 Å². The minimum atomic E-state index is -0.535. The molecule has 4 saturated carbocycles. The highest BCUT2D eigenvalue weighted by Crippen LogP contribution is 2.61. The summed E-state index contributed by atoms with van der Waals surface area (Å²) in [7, 11) is 1.62. The molecule has 2 N–H and O–H groups in total. The Labute approximate surface area is 189 Å². The minimum Gasteiger partial charge on any atom is -0.497 e. The Hall–Kier alpha value is -2.82. The van der Waals surface area contributed by atoms with Crippen molar-refractivity contribution in [1.29, 1.82) is 0 Å². The molecule has 0 saturated heterocycles. The molecule has 4 fully saturated rings. The maximum absolute atomic E-state index is 13.6. The van der Waals surface area contributed by atoms with Gasteiger partial charge in [-0.25, -0.2) is 0 Å². The smallest absolute Gasteiger partial charge is 0.251 e. The molecule has 32 heavy (non-hydrogen) atoms. The van der Waals surface area contributed by atoms with Gasteiger partial charge in [-0.05, 0) is 99.6 Å². The van der Waals surface area contributed by atoms with Crippen LogP contribution in [0.3, 0.4) is 0 Å². The average Bonchev–Trinajstić information content (AvgIpc) is 2.77. The second-order valence-electron chi connectivity index (χ2n) is 10.3. The van der Waals surface area contributed by atoms with Gasteiger partial charge in [0.2, 0.25) is 5.91 Å². The van der Waals surface area contributed by atoms with Crippen LogP contribution in [0.1, 0.15) is 54.4 Å². The summed E-state index contributed by atoms with van der Waals surface area (Å²) in [6, 6.07) is 14.4. The van der Waals surface area contributed by atoms with Crippen LogP contribution in [0.2, 0.25) is 0 Å². The summed E-state index contributed by atoms with van der Waals surface area (Å²) in [4.78, 5) is 26.8. The number of ether oxygens (including phenoxy) is 1. The van der Waals surface area contributed by atoms with E-state index in [0.717, 1.165) is 36.3 Å². The van der Waals surface area contributed by atoms with Crippen LogP contribution in [0.25, 0.3) is 0 Å². The van der Waals surface area contributed by atoms with Gasteiger partial charge >= 0.3 is 0 Å². The molecule has 0 heterocycles. The van der Waals surface area contributed by atoms with Gasteiger partial charge in [-0.15, -0.1) is 0 Å². The van der Waals surface area contributed by atoms with E-state index in [1.165, 1.54) is 19.3 Å². The van der Waals surface area contributed by atoms with Crippen molar-refractivity contribution in [3.63, 3.8) is 0 Å². The van der Waals surface area contributed by atoms with E-state index in [0.29, 0.717) is 23.3 Å². The number of anilines is 1. The van der Waals surface area contributed by atoms with Gasteiger partial charge in [0, 0.05) is 16.7 Å². The van der Waals surface area contributed by atoms with Gasteiger partial charge in [-0.2, -0.15) is 0 Å². The molecule has 2 aromatic rings. The maximum Gasteiger partial charge on any atom is 0.251 e. The fourth-order valence-corrected chi connectivity index (χ4v) is 6.84. The Morgan fingerprint density at radius 1 is 0.906 bits per heavy atom. The first-order valence-corrected chi connectivity index (χ1v) is 11.8. The van der Waals surface area contributed by atoms with Crippen molar-refractivity contribution in [2.24, 2.45) is 23.2 Å². The van der Waals surface area contributed by atoms with Gasteiger partial charge < -0.3 is 15.4 Å². The molecular weight excluding hydrogens is 400 g/mol. The van der Waals surface area contributed by atoms with Crippen LogP contribution in [0.5, 0.6) is 5.75 Å². The van der Waals surface area contributed by atoms with Crippen LogP contribution < -0.4 is 15.4 Å². The summed E-state index contributed by atoms with van der Waals surface area (Å²) in [6.45, 7) is 2.00. The summed E-state index contributed by atoms with van der Waals surface area (Å²) in [6.07, 6.45) is 6.98. The van der Waals surface area contributed by atoms with Crippen LogP contribution >= 0.6 is 0 Å². The number of carbonyl (C=O) groups excluding carboxylic acids is 2. The van der Waals surface area contributed by atoms with Crippen LogP contribution in [0.4, 0.5) is 5.69 Å². The molecule has 1 atom stereocenters. The van der Waals surface area contributed by atoms with Crippen molar-refractivity contribution in [2.75, 3.05) is 12.4 Å². The van der Waals surface area contributed by atoms with Crippen LogP contribution in [0.15, 0.2) is 48.5 Å². The van der Waals surface area contributed by atoms with Crippen molar-refractivity contribution in [1.82, 2.24) is 5.32 Å². The van der Waals surface area contributed by atoms with E-state index in [9.17, 15) is 9.59 Å². The van der Waals surface area contributed by atoms with E-state index >= 15 is 0 Å². The third-order valence-electron chi connectivity index (χ3n) is 7.91. The molecule has 5 heteroatoms. The van der Waals surface area contributed by atoms with Crippen molar-refractivity contribution >= 4 is 17.5 Å². The van der Waals surface area contributed by atoms with E-state index in [-0.39, 0.29) is 17.2 Å². The molecule has 0 spiro atoms. The zero-order chi connectivity index (χ0) is 22.3. The SMILES string of the molecule is COc1ccc(NC(=O)[C@@H](NC(=O)c2ccc(C)cc2)C23CC4CC(CC(C4)C2)C3)cc1. The molecule has 168 valence electrons. The molecular formula is C27H32N2O3. The van der Waals surface area contributed by atoms with Crippen LogP contribution in [0, 0.1) is 30.1 Å². The maximum atomic E-state index is 13.6. The summed E-state index contributed by atoms with van der Waals surface area (Å²) in [5.74, 6) is 2.53. The van der Waals surface area contributed by atoms with E-state index in [1.807, 2.05) is 55.5 Å². The predicted molar refractivity (Wildman–Crippen MR) is 125 cm³/mol. The third-order valence-corrected chi connectivity index (χ3v) is 7.91. The van der Waals surface area contributed by atoms with Gasteiger partial charge in [0.15, 0.2) is 0 Å². The molecule has 0 radical (unpaired) electrons. The lowest BCUT2D eigenvalue weighted by Gasteiger charge is -2.58. The molecule has 5 nitrogen and oxygen atoms in total. The molecule has 0 unspecified atom stereocenters. The summed E-state index contributed by atoms with van der Waals surface area (Å²) >= 11 is 0. The monoisotopic (exact) mass is 432 g/mol. The standard InChI is InChI=1S/C27H32N2O3/c1-17-3-5-21(6-4-17)25(30)29-24(26(31)28-22-7-9-23(32-2)10-8-22)27-14-18-11-19(15-27)13-20(12-18)16-27/h3-10,18-20,24H,11-16H2,1-2H3,(H,28,31)(H,29,30)/t18?,19?,20?,24-,27?/m1/s1. The number of benzene rings is 2. The molecule has 0 aromatic heterocycles. The quantitative estimate of drug-likeness (QED) is 0.678. The summed E-state index contributed by atoms with van der Waals surface area (Å²) in [5, 5.41) is 6.25. The van der Waals surface area contributed by atoms with Crippen molar-refractivity contribution in [3.05, 3.63) is 59.7 Å². The molecule has 4 aliphatic rings. The lowest BCUT2D eigenvalue weighted by Crippen LogP contribution is -2.61. The molecule has 6 rings (SSSR count). The van der Waals surface area contributed by atoms with Crippen LogP contribution in [-0.4, -0.2) is 25.0 Å². The number of methoxy groups -OCH3 is 1. The zero-order valence-electron chi connectivity index (χ0n) is 18.9. The fraction of sp³-hybridized carbons (Fsp3) is 0.481. The second-order valence-corrected chi connectivity index (χ2v) is 10.3. The summed E-state index contributed by atoms with van der Waals surface area (Å²) in [5.41, 5.74) is 2.28. The molecule has 2 amide bonds. The Balaban J connectivity index is 1.42. The lowest BCUT2D eigenvalue weighted by atomic mass is 9.47. The summed E-state index contributed by atoms with van der Waals surface area (Å²) < 4.78 is 5.23. The van der Waals surface area contributed by atoms with E-state index in [1.54, 1.807) is 7.11 Å². The highest BCUT2D eigenvalue weighted by molar-refractivity contribution is 6.01. The Morgan fingerprint density at radius 2 is 1.47 bits per heavy atom. The van der Waals surface area contributed by atoms with Gasteiger partial charge in [-0.3, -0.25) is 9.59 Å². The topological polar surface area (TPSA) is 67.4 Å². The number of rotatable bonds is 6. The lowest BCUT2D eigenvalue weighted by molar-refractivity contribution is -0.129. The van der Waals surface area contributed by atoms with Gasteiger partial charge in [0.05, 0.1) is 7.11 Å². The Morgan fingerprint density at radius 3 is 2.00 bits per heavy atom. The van der Waals surface area contributed by atoms with E-state index in [4.69, 9.17) is 4.74 Å². The normalized spacial score (nSPS) is 28.8. The van der Waals surface area contributed by atoms with E-state index in [2.05, 4.69) is 10.6 Å². The van der Waals surface area contributed by atoms with E-state index < -0.39 is 6.04 Å². The first-order valence-electron chi connectivity index (χ1n) is 11.8. The predicted octanol–water partition coefficient (Wildman–Crippen LogP) is 4.96. The molecule has 2 aromatic carbocycles. The Kier molecular flexibility index (Phi) is 5.44. The number of hydrogen-bond donors (Lipinski definition) is 2. The zero-order valence-corrected chi connectivity index (χ0v) is 18.9. The Bertz CT molecular complexity index is 961. The highest BCUT2D eigenvalue weighted by atomic mass is 16.5. The number of aryl methyl sites for hydroxylation is 1. The first-order chi connectivity index (χ1) is 15.4. The van der Waals surface area contributed by atoms with Gasteiger partial charge in [-0.1, -0.05) is 17.7 Å². The molecule has 4 aliphatic carbocycles. The highest BCUT2D eigenvalue weighted by Gasteiger charge is 2.56. The number of nitrogens with one attached hydrogen (secondary N) is 2. The van der Waals surface area contributed by atoms with Crippen molar-refractivity contribution in [3.8, 4) is 5.75 Å². The van der Waals surface area contributed by atoms with Gasteiger partial charge in [0.25, 0.3) is 5.91 Å². The fourth-order valence-electron chi connectivity index (χ4n) is 6.84. The van der Waals surface area contributed by atoms with Crippen molar-refractivity contribution < 1.29 is 14.3 Å². The van der Waals surface area contributed by atoms with Gasteiger partial charge in [0.1, 0.15) is 11.8 Å². The molecule has 4 bridgehead atoms.